The molecule has 0 fully saturated rings. The number of hydrogen-bond acceptors (Lipinski definition) is 3. The van der Waals surface area contributed by atoms with E-state index in [1.807, 2.05) is 49.8 Å². The number of esters is 1. The number of ether oxygens (including phenoxy) is 1. The molecular formula is C15H20N2O2. The smallest absolute Gasteiger partial charge is 0.310 e. The maximum atomic E-state index is 11.8. The van der Waals surface area contributed by atoms with Crippen LogP contribution in [-0.2, 0) is 22.5 Å². The Morgan fingerprint density at radius 2 is 2.11 bits per heavy atom. The molecule has 0 aliphatic carbocycles. The van der Waals surface area contributed by atoms with Gasteiger partial charge in [-0.05, 0) is 45.4 Å². The van der Waals surface area contributed by atoms with Crippen LogP contribution in [0.25, 0.3) is 10.9 Å². The van der Waals surface area contributed by atoms with Gasteiger partial charge >= 0.3 is 5.97 Å². The molecule has 0 saturated heterocycles. The van der Waals surface area contributed by atoms with E-state index in [4.69, 9.17) is 4.74 Å². The quantitative estimate of drug-likeness (QED) is 0.797. The van der Waals surface area contributed by atoms with Crippen molar-refractivity contribution in [3.05, 3.63) is 30.0 Å². The van der Waals surface area contributed by atoms with E-state index in [1.54, 1.807) is 0 Å². The Morgan fingerprint density at radius 1 is 1.37 bits per heavy atom. The molecule has 0 bridgehead atoms. The van der Waals surface area contributed by atoms with Gasteiger partial charge in [0.2, 0.25) is 0 Å². The first kappa shape index (κ1) is 13.6. The topological polar surface area (TPSA) is 44.1 Å². The molecule has 0 aliphatic heterocycles. The van der Waals surface area contributed by atoms with Crippen molar-refractivity contribution in [1.82, 2.24) is 9.78 Å². The predicted molar refractivity (Wildman–Crippen MR) is 75.0 cm³/mol. The van der Waals surface area contributed by atoms with Gasteiger partial charge in [0.25, 0.3) is 0 Å². The Morgan fingerprint density at radius 3 is 2.74 bits per heavy atom. The second kappa shape index (κ2) is 5.03. The Bertz CT molecular complexity index is 594. The highest BCUT2D eigenvalue weighted by Crippen LogP contribution is 2.17. The van der Waals surface area contributed by atoms with Crippen molar-refractivity contribution in [2.45, 2.75) is 46.3 Å². The standard InChI is InChI=1S/C15H20N2O2/c1-5-17-13-7-6-11(8-12(13)10-16-17)9-14(18)19-15(2,3)4/h6-8,10H,5,9H2,1-4H3. The molecule has 1 aromatic heterocycles. The summed E-state index contributed by atoms with van der Waals surface area (Å²) in [4.78, 5) is 11.8. The molecule has 2 aromatic rings. The van der Waals surface area contributed by atoms with Crippen LogP contribution in [0.5, 0.6) is 0 Å². The van der Waals surface area contributed by atoms with Gasteiger partial charge in [0, 0.05) is 11.9 Å². The fourth-order valence-electron chi connectivity index (χ4n) is 2.04. The Balaban J connectivity index is 2.16. The minimum absolute atomic E-state index is 0.199. The van der Waals surface area contributed by atoms with Crippen LogP contribution < -0.4 is 0 Å². The number of carbonyl (C=O) groups excluding carboxylic acids is 1. The average Bonchev–Trinajstić information content (AvgIpc) is 2.68. The van der Waals surface area contributed by atoms with Crippen LogP contribution in [0.3, 0.4) is 0 Å². The van der Waals surface area contributed by atoms with Crippen molar-refractivity contribution in [1.29, 1.82) is 0 Å². The molecule has 2 rings (SSSR count). The summed E-state index contributed by atoms with van der Waals surface area (Å²) < 4.78 is 7.26. The summed E-state index contributed by atoms with van der Waals surface area (Å²) in [6.07, 6.45) is 2.13. The van der Waals surface area contributed by atoms with Crippen LogP contribution in [0, 0.1) is 0 Å². The van der Waals surface area contributed by atoms with E-state index in [0.717, 1.165) is 23.0 Å². The van der Waals surface area contributed by atoms with Crippen molar-refractivity contribution in [2.75, 3.05) is 0 Å². The lowest BCUT2D eigenvalue weighted by atomic mass is 10.1. The molecular weight excluding hydrogens is 240 g/mol. The summed E-state index contributed by atoms with van der Waals surface area (Å²) in [7, 11) is 0. The SMILES string of the molecule is CCn1ncc2cc(CC(=O)OC(C)(C)C)ccc21. The summed E-state index contributed by atoms with van der Waals surface area (Å²) in [5.74, 6) is -0.199. The molecule has 1 aromatic carbocycles. The normalized spacial score (nSPS) is 11.8. The first-order valence-electron chi connectivity index (χ1n) is 6.55. The third-order valence-corrected chi connectivity index (χ3v) is 2.77. The first-order valence-corrected chi connectivity index (χ1v) is 6.55. The summed E-state index contributed by atoms with van der Waals surface area (Å²) in [6, 6.07) is 5.96. The molecule has 19 heavy (non-hydrogen) atoms. The minimum Gasteiger partial charge on any atom is -0.460 e. The second-order valence-corrected chi connectivity index (χ2v) is 5.62. The third kappa shape index (κ3) is 3.34. The highest BCUT2D eigenvalue weighted by atomic mass is 16.6. The average molecular weight is 260 g/mol. The second-order valence-electron chi connectivity index (χ2n) is 5.62. The molecule has 0 aliphatic rings. The minimum atomic E-state index is -0.436. The summed E-state index contributed by atoms with van der Waals surface area (Å²) >= 11 is 0. The van der Waals surface area contributed by atoms with Crippen LogP contribution >= 0.6 is 0 Å². The number of rotatable bonds is 3. The van der Waals surface area contributed by atoms with E-state index in [2.05, 4.69) is 12.0 Å². The number of hydrogen-bond donors (Lipinski definition) is 0. The van der Waals surface area contributed by atoms with Gasteiger partial charge in [-0.2, -0.15) is 5.10 Å². The van der Waals surface area contributed by atoms with E-state index < -0.39 is 5.60 Å². The van der Waals surface area contributed by atoms with E-state index in [-0.39, 0.29) is 5.97 Å². The van der Waals surface area contributed by atoms with Gasteiger partial charge in [0.15, 0.2) is 0 Å². The zero-order valence-corrected chi connectivity index (χ0v) is 11.9. The lowest BCUT2D eigenvalue weighted by Gasteiger charge is -2.19. The molecule has 102 valence electrons. The maximum absolute atomic E-state index is 11.8. The van der Waals surface area contributed by atoms with Crippen molar-refractivity contribution in [2.24, 2.45) is 0 Å². The number of benzene rings is 1. The molecule has 0 radical (unpaired) electrons. The number of aryl methyl sites for hydroxylation is 1. The summed E-state index contributed by atoms with van der Waals surface area (Å²) in [5, 5.41) is 5.35. The van der Waals surface area contributed by atoms with Crippen molar-refractivity contribution < 1.29 is 9.53 Å². The van der Waals surface area contributed by atoms with Gasteiger partial charge in [-0.25, -0.2) is 0 Å². The molecule has 1 heterocycles. The molecule has 4 nitrogen and oxygen atoms in total. The van der Waals surface area contributed by atoms with E-state index >= 15 is 0 Å². The highest BCUT2D eigenvalue weighted by Gasteiger charge is 2.16. The zero-order valence-electron chi connectivity index (χ0n) is 11.9. The Labute approximate surface area is 113 Å². The Hall–Kier alpha value is -1.84. The fraction of sp³-hybridized carbons (Fsp3) is 0.467. The summed E-state index contributed by atoms with van der Waals surface area (Å²) in [6.45, 7) is 8.52. The maximum Gasteiger partial charge on any atom is 0.310 e. The van der Waals surface area contributed by atoms with Gasteiger partial charge in [-0.1, -0.05) is 6.07 Å². The third-order valence-electron chi connectivity index (χ3n) is 2.77. The van der Waals surface area contributed by atoms with E-state index in [9.17, 15) is 4.79 Å². The first-order chi connectivity index (χ1) is 8.89. The molecule has 0 N–H and O–H groups in total. The molecule has 0 unspecified atom stereocenters. The van der Waals surface area contributed by atoms with Crippen LogP contribution in [0.1, 0.15) is 33.3 Å². The lowest BCUT2D eigenvalue weighted by Crippen LogP contribution is -2.24. The van der Waals surface area contributed by atoms with Crippen LogP contribution in [0.15, 0.2) is 24.4 Å². The lowest BCUT2D eigenvalue weighted by molar-refractivity contribution is -0.153. The van der Waals surface area contributed by atoms with Gasteiger partial charge < -0.3 is 4.74 Å². The number of nitrogens with zero attached hydrogens (tertiary/aromatic N) is 2. The van der Waals surface area contributed by atoms with Gasteiger partial charge in [-0.3, -0.25) is 9.48 Å². The van der Waals surface area contributed by atoms with Crippen LogP contribution in [0.4, 0.5) is 0 Å². The van der Waals surface area contributed by atoms with E-state index in [1.165, 1.54) is 0 Å². The Kier molecular flexibility index (Phi) is 3.60. The molecule has 4 heteroatoms. The molecule has 0 amide bonds. The monoisotopic (exact) mass is 260 g/mol. The highest BCUT2D eigenvalue weighted by molar-refractivity contribution is 5.81. The van der Waals surface area contributed by atoms with Gasteiger partial charge in [-0.15, -0.1) is 0 Å². The van der Waals surface area contributed by atoms with Crippen molar-refractivity contribution in [3.8, 4) is 0 Å². The van der Waals surface area contributed by atoms with Crippen LogP contribution in [0.2, 0.25) is 0 Å². The van der Waals surface area contributed by atoms with Crippen molar-refractivity contribution >= 4 is 16.9 Å². The number of carbonyl (C=O) groups is 1. The molecule has 0 spiro atoms. The molecule has 0 saturated carbocycles. The van der Waals surface area contributed by atoms with Crippen molar-refractivity contribution in [3.63, 3.8) is 0 Å². The van der Waals surface area contributed by atoms with E-state index in [0.29, 0.717) is 6.42 Å². The number of aromatic nitrogens is 2. The zero-order chi connectivity index (χ0) is 14.0. The summed E-state index contributed by atoms with van der Waals surface area (Å²) in [5.41, 5.74) is 1.61. The number of fused-ring (bicyclic) bond motifs is 1. The predicted octanol–water partition coefficient (Wildman–Crippen LogP) is 2.94. The fourth-order valence-corrected chi connectivity index (χ4v) is 2.04. The largest absolute Gasteiger partial charge is 0.460 e. The van der Waals surface area contributed by atoms with Gasteiger partial charge in [0.05, 0.1) is 18.1 Å². The van der Waals surface area contributed by atoms with Crippen LogP contribution in [-0.4, -0.2) is 21.4 Å². The molecule has 0 atom stereocenters. The van der Waals surface area contributed by atoms with Gasteiger partial charge in [0.1, 0.15) is 5.60 Å².